The molecule has 0 aliphatic rings. The zero-order valence-electron chi connectivity index (χ0n) is 22.7. The van der Waals surface area contributed by atoms with Crippen LogP contribution in [0, 0.1) is 0 Å². The molecule has 190 valence electrons. The predicted octanol–water partition coefficient (Wildman–Crippen LogP) is 12.1. The fraction of sp³-hybridized carbons (Fsp3) is 0. The Bertz CT molecular complexity index is 2540. The van der Waals surface area contributed by atoms with Gasteiger partial charge in [0.25, 0.3) is 0 Å². The van der Waals surface area contributed by atoms with Gasteiger partial charge in [0.2, 0.25) is 0 Å². The lowest BCUT2D eigenvalue weighted by Crippen LogP contribution is -1.89. The van der Waals surface area contributed by atoms with E-state index in [4.69, 9.17) is 0 Å². The Hall–Kier alpha value is -5.46. The summed E-state index contributed by atoms with van der Waals surface area (Å²) in [5.41, 5.74) is 0. The quantitative estimate of drug-likeness (QED) is 0.136. The van der Waals surface area contributed by atoms with Crippen molar-refractivity contribution in [2.45, 2.75) is 0 Å². The first-order valence-electron chi connectivity index (χ1n) is 14.8. The molecule has 0 unspecified atom stereocenters. The van der Waals surface area contributed by atoms with Crippen LogP contribution in [0.1, 0.15) is 0 Å². The Morgan fingerprint density at radius 3 is 0.714 bits per heavy atom. The zero-order valence-corrected chi connectivity index (χ0v) is 22.7. The van der Waals surface area contributed by atoms with Crippen molar-refractivity contribution >= 4 is 108 Å². The van der Waals surface area contributed by atoms with Gasteiger partial charge in [-0.2, -0.15) is 0 Å². The van der Waals surface area contributed by atoms with Crippen molar-refractivity contribution in [3.8, 4) is 0 Å². The molecule has 0 saturated carbocycles. The average Bonchev–Trinajstić information content (AvgIpc) is 3.04. The van der Waals surface area contributed by atoms with Crippen LogP contribution in [-0.4, -0.2) is 0 Å². The van der Waals surface area contributed by atoms with E-state index in [1.807, 2.05) is 0 Å². The van der Waals surface area contributed by atoms with Crippen molar-refractivity contribution in [1.82, 2.24) is 0 Å². The molecule has 11 rings (SSSR count). The van der Waals surface area contributed by atoms with Crippen molar-refractivity contribution in [2.75, 3.05) is 0 Å². The molecule has 0 N–H and O–H groups in total. The third-order valence-corrected chi connectivity index (χ3v) is 10.0. The van der Waals surface area contributed by atoms with Crippen molar-refractivity contribution in [3.05, 3.63) is 133 Å². The highest BCUT2D eigenvalue weighted by Crippen LogP contribution is 2.44. The lowest BCUT2D eigenvalue weighted by Gasteiger charge is -2.16. The van der Waals surface area contributed by atoms with Crippen molar-refractivity contribution in [3.63, 3.8) is 0 Å². The van der Waals surface area contributed by atoms with E-state index in [2.05, 4.69) is 133 Å². The molecule has 11 aromatic carbocycles. The molecular formula is C42H22. The first-order valence-corrected chi connectivity index (χ1v) is 14.8. The second-order valence-corrected chi connectivity index (χ2v) is 12.1. The fourth-order valence-electron chi connectivity index (χ4n) is 8.20. The average molecular weight is 527 g/mol. The Labute approximate surface area is 240 Å². The van der Waals surface area contributed by atoms with Gasteiger partial charge in [0.05, 0.1) is 0 Å². The molecule has 42 heavy (non-hydrogen) atoms. The maximum atomic E-state index is 2.43. The number of hydrogen-bond donors (Lipinski definition) is 0. The highest BCUT2D eigenvalue weighted by molar-refractivity contribution is 6.36. The molecule has 0 atom stereocenters. The summed E-state index contributed by atoms with van der Waals surface area (Å²) in [6.45, 7) is 0. The maximum Gasteiger partial charge on any atom is -0.00203 e. The molecule has 0 aliphatic heterocycles. The molecule has 0 aliphatic carbocycles. The molecule has 0 heteroatoms. The summed E-state index contributed by atoms with van der Waals surface area (Å²) in [4.78, 5) is 0. The van der Waals surface area contributed by atoms with Gasteiger partial charge in [-0.15, -0.1) is 0 Å². The molecule has 0 amide bonds. The van der Waals surface area contributed by atoms with Crippen molar-refractivity contribution in [1.29, 1.82) is 0 Å². The summed E-state index contributed by atoms with van der Waals surface area (Å²) in [6.07, 6.45) is 0. The largest absolute Gasteiger partial charge is 0.0610 e. The second kappa shape index (κ2) is 7.24. The van der Waals surface area contributed by atoms with E-state index in [1.54, 1.807) is 0 Å². The summed E-state index contributed by atoms with van der Waals surface area (Å²) in [5.74, 6) is 0. The van der Waals surface area contributed by atoms with Gasteiger partial charge in [0, 0.05) is 0 Å². The van der Waals surface area contributed by atoms with Crippen LogP contribution in [0.5, 0.6) is 0 Å². The SMILES string of the molecule is c1cc2ccc3cccc4c5cc6cc7cc8c(cc7cc6cc5c(c1)c2c34)c1cccc2ccc3cccc8c3c21. The Morgan fingerprint density at radius 1 is 0.190 bits per heavy atom. The Kier molecular flexibility index (Phi) is 3.67. The highest BCUT2D eigenvalue weighted by Gasteiger charge is 2.16. The molecule has 0 nitrogen and oxygen atoms in total. The summed E-state index contributed by atoms with van der Waals surface area (Å²) < 4.78 is 0. The van der Waals surface area contributed by atoms with Gasteiger partial charge in [-0.05, 0) is 144 Å². The summed E-state index contributed by atoms with van der Waals surface area (Å²) in [7, 11) is 0. The smallest absolute Gasteiger partial charge is 0.00203 e. The normalized spacial score (nSPS) is 12.8. The van der Waals surface area contributed by atoms with Crippen LogP contribution in [0.2, 0.25) is 0 Å². The minimum Gasteiger partial charge on any atom is -0.0610 e. The van der Waals surface area contributed by atoms with E-state index in [0.29, 0.717) is 0 Å². The Balaban J connectivity index is 1.32. The number of rotatable bonds is 0. The molecule has 11 aromatic rings. The lowest BCUT2D eigenvalue weighted by molar-refractivity contribution is 1.80. The summed E-state index contributed by atoms with van der Waals surface area (Å²) >= 11 is 0. The third-order valence-electron chi connectivity index (χ3n) is 10.0. The molecule has 0 saturated heterocycles. The van der Waals surface area contributed by atoms with Gasteiger partial charge in [-0.25, -0.2) is 0 Å². The van der Waals surface area contributed by atoms with E-state index in [9.17, 15) is 0 Å². The number of fused-ring (bicyclic) bond motifs is 8. The van der Waals surface area contributed by atoms with Crippen LogP contribution in [0.4, 0.5) is 0 Å². The van der Waals surface area contributed by atoms with Crippen molar-refractivity contribution < 1.29 is 0 Å². The van der Waals surface area contributed by atoms with Gasteiger partial charge < -0.3 is 0 Å². The topological polar surface area (TPSA) is 0 Å². The summed E-state index contributed by atoms with van der Waals surface area (Å²) in [5, 5.41) is 26.7. The maximum absolute atomic E-state index is 2.43. The predicted molar refractivity (Wildman–Crippen MR) is 184 cm³/mol. The highest BCUT2D eigenvalue weighted by atomic mass is 14.2. The van der Waals surface area contributed by atoms with Crippen LogP contribution in [0.25, 0.3) is 108 Å². The monoisotopic (exact) mass is 526 g/mol. The van der Waals surface area contributed by atoms with E-state index in [0.717, 1.165) is 0 Å². The third kappa shape index (κ3) is 2.51. The number of benzene rings is 11. The van der Waals surface area contributed by atoms with Crippen LogP contribution in [0.15, 0.2) is 133 Å². The van der Waals surface area contributed by atoms with Crippen LogP contribution in [0.3, 0.4) is 0 Å². The lowest BCUT2D eigenvalue weighted by atomic mass is 9.87. The summed E-state index contributed by atoms with van der Waals surface area (Å²) in [6, 6.07) is 50.7. The molecular weight excluding hydrogens is 504 g/mol. The molecule has 0 radical (unpaired) electrons. The molecule has 0 heterocycles. The molecule has 0 bridgehead atoms. The molecule has 0 aromatic heterocycles. The second-order valence-electron chi connectivity index (χ2n) is 12.1. The van der Waals surface area contributed by atoms with E-state index in [1.165, 1.54) is 108 Å². The fourth-order valence-corrected chi connectivity index (χ4v) is 8.20. The van der Waals surface area contributed by atoms with Gasteiger partial charge in [0.1, 0.15) is 0 Å². The van der Waals surface area contributed by atoms with E-state index < -0.39 is 0 Å². The van der Waals surface area contributed by atoms with Crippen LogP contribution < -0.4 is 0 Å². The van der Waals surface area contributed by atoms with Crippen LogP contribution >= 0.6 is 0 Å². The first kappa shape index (κ1) is 21.3. The first-order chi connectivity index (χ1) is 20.8. The van der Waals surface area contributed by atoms with Crippen molar-refractivity contribution in [2.24, 2.45) is 0 Å². The Morgan fingerprint density at radius 2 is 0.452 bits per heavy atom. The van der Waals surface area contributed by atoms with Gasteiger partial charge in [-0.1, -0.05) is 97.1 Å². The van der Waals surface area contributed by atoms with Gasteiger partial charge in [-0.3, -0.25) is 0 Å². The van der Waals surface area contributed by atoms with E-state index >= 15 is 0 Å². The molecule has 0 fully saturated rings. The van der Waals surface area contributed by atoms with E-state index in [-0.39, 0.29) is 0 Å². The standard InChI is InChI=1S/C42H22/c1-5-23-13-14-24-6-2-10-32-36-20-28-18-30-22-38-34-12-4-8-26-16-15-25-7-3-11-33(41(25)42(26)34)37(38)21-29(30)17-27(28)19-35(36)31(9-1)39(23)40(24)32/h1-22H. The number of hydrogen-bond acceptors (Lipinski definition) is 0. The molecule has 0 spiro atoms. The van der Waals surface area contributed by atoms with Gasteiger partial charge >= 0.3 is 0 Å². The minimum atomic E-state index is 1.29. The minimum absolute atomic E-state index is 1.29. The van der Waals surface area contributed by atoms with Crippen LogP contribution in [-0.2, 0) is 0 Å². The van der Waals surface area contributed by atoms with Gasteiger partial charge in [0.15, 0.2) is 0 Å². The zero-order chi connectivity index (χ0) is 27.1.